The van der Waals surface area contributed by atoms with Gasteiger partial charge in [0.05, 0.1) is 11.4 Å². The first-order valence-corrected chi connectivity index (χ1v) is 7.86. The van der Waals surface area contributed by atoms with Crippen molar-refractivity contribution in [1.82, 2.24) is 0 Å². The molecule has 0 amide bonds. The van der Waals surface area contributed by atoms with Crippen LogP contribution in [-0.2, 0) is 0 Å². The van der Waals surface area contributed by atoms with Crippen molar-refractivity contribution in [3.63, 3.8) is 0 Å². The molecule has 3 rings (SSSR count). The zero-order chi connectivity index (χ0) is 12.5. The number of rotatable bonds is 1. The molecule has 1 saturated heterocycles. The highest BCUT2D eigenvalue weighted by Crippen LogP contribution is 2.39. The summed E-state index contributed by atoms with van der Waals surface area (Å²) in [6.07, 6.45) is 8.30. The van der Waals surface area contributed by atoms with Crippen LogP contribution in [-0.4, -0.2) is 12.6 Å². The molecule has 1 saturated carbocycles. The first-order valence-electron chi connectivity index (χ1n) is 7.07. The lowest BCUT2D eigenvalue weighted by Gasteiger charge is -2.45. The number of anilines is 2. The van der Waals surface area contributed by atoms with Gasteiger partial charge in [-0.05, 0) is 49.8 Å². The molecular formula is C15H21BrN2. The molecule has 1 aromatic rings. The molecule has 2 atom stereocenters. The maximum atomic E-state index is 6.20. The van der Waals surface area contributed by atoms with Crippen LogP contribution < -0.4 is 10.6 Å². The SMILES string of the molecule is Nc1cc(Br)ccc1N1CCCC2CCCCC21. The van der Waals surface area contributed by atoms with Crippen LogP contribution in [0.2, 0.25) is 0 Å². The van der Waals surface area contributed by atoms with Gasteiger partial charge in [-0.3, -0.25) is 0 Å². The number of nitrogens with zero attached hydrogens (tertiary/aromatic N) is 1. The van der Waals surface area contributed by atoms with E-state index in [1.807, 2.05) is 6.07 Å². The first kappa shape index (κ1) is 12.3. The number of hydrogen-bond acceptors (Lipinski definition) is 2. The molecule has 2 nitrogen and oxygen atoms in total. The Bertz CT molecular complexity index is 431. The third-order valence-electron chi connectivity index (χ3n) is 4.54. The summed E-state index contributed by atoms with van der Waals surface area (Å²) in [7, 11) is 0. The standard InChI is InChI=1S/C15H21BrN2/c16-12-7-8-15(13(17)10-12)18-9-3-5-11-4-1-2-6-14(11)18/h7-8,10-11,14H,1-6,9,17H2. The van der Waals surface area contributed by atoms with Gasteiger partial charge in [0.15, 0.2) is 0 Å². The van der Waals surface area contributed by atoms with Gasteiger partial charge in [0.2, 0.25) is 0 Å². The van der Waals surface area contributed by atoms with Crippen molar-refractivity contribution >= 4 is 27.3 Å². The molecule has 0 bridgehead atoms. The number of benzene rings is 1. The van der Waals surface area contributed by atoms with Crippen LogP contribution in [0.4, 0.5) is 11.4 Å². The summed E-state index contributed by atoms with van der Waals surface area (Å²) >= 11 is 3.49. The van der Waals surface area contributed by atoms with E-state index in [0.717, 1.165) is 22.1 Å². The number of piperidine rings is 1. The van der Waals surface area contributed by atoms with Gasteiger partial charge in [0, 0.05) is 17.1 Å². The lowest BCUT2D eigenvalue weighted by Crippen LogP contribution is -2.47. The number of halogens is 1. The van der Waals surface area contributed by atoms with E-state index < -0.39 is 0 Å². The van der Waals surface area contributed by atoms with Crippen LogP contribution in [0.5, 0.6) is 0 Å². The summed E-state index contributed by atoms with van der Waals surface area (Å²) in [5.41, 5.74) is 8.36. The van der Waals surface area contributed by atoms with Crippen LogP contribution in [0, 0.1) is 5.92 Å². The monoisotopic (exact) mass is 308 g/mol. The largest absolute Gasteiger partial charge is 0.397 e. The summed E-state index contributed by atoms with van der Waals surface area (Å²) in [5, 5.41) is 0. The molecular weight excluding hydrogens is 288 g/mol. The smallest absolute Gasteiger partial charge is 0.0603 e. The zero-order valence-electron chi connectivity index (χ0n) is 10.7. The van der Waals surface area contributed by atoms with E-state index in [2.05, 4.69) is 33.0 Å². The van der Waals surface area contributed by atoms with Crippen molar-refractivity contribution in [2.24, 2.45) is 5.92 Å². The van der Waals surface area contributed by atoms with Gasteiger partial charge in [0.25, 0.3) is 0 Å². The third kappa shape index (κ3) is 2.25. The van der Waals surface area contributed by atoms with Crippen molar-refractivity contribution in [3.05, 3.63) is 22.7 Å². The molecule has 1 aromatic carbocycles. The van der Waals surface area contributed by atoms with Gasteiger partial charge in [-0.1, -0.05) is 28.8 Å². The Labute approximate surface area is 118 Å². The maximum absolute atomic E-state index is 6.20. The van der Waals surface area contributed by atoms with Gasteiger partial charge in [-0.25, -0.2) is 0 Å². The second kappa shape index (κ2) is 5.12. The van der Waals surface area contributed by atoms with Crippen LogP contribution in [0.15, 0.2) is 22.7 Å². The molecule has 1 heterocycles. The molecule has 98 valence electrons. The first-order chi connectivity index (χ1) is 8.75. The highest BCUT2D eigenvalue weighted by Gasteiger charge is 2.33. The quantitative estimate of drug-likeness (QED) is 0.788. The van der Waals surface area contributed by atoms with Crippen molar-refractivity contribution in [2.75, 3.05) is 17.2 Å². The van der Waals surface area contributed by atoms with Crippen molar-refractivity contribution in [2.45, 2.75) is 44.6 Å². The minimum atomic E-state index is 0.732. The van der Waals surface area contributed by atoms with E-state index in [1.165, 1.54) is 50.8 Å². The maximum Gasteiger partial charge on any atom is 0.0603 e. The van der Waals surface area contributed by atoms with Gasteiger partial charge < -0.3 is 10.6 Å². The second-order valence-electron chi connectivity index (χ2n) is 5.65. The van der Waals surface area contributed by atoms with Crippen LogP contribution in [0.3, 0.4) is 0 Å². The summed E-state index contributed by atoms with van der Waals surface area (Å²) in [6, 6.07) is 7.05. The fraction of sp³-hybridized carbons (Fsp3) is 0.600. The average Bonchev–Trinajstić information content (AvgIpc) is 2.38. The predicted octanol–water partition coefficient (Wildman–Crippen LogP) is 4.19. The molecule has 2 aliphatic rings. The van der Waals surface area contributed by atoms with E-state index in [4.69, 9.17) is 5.73 Å². The van der Waals surface area contributed by atoms with Crippen molar-refractivity contribution in [3.8, 4) is 0 Å². The highest BCUT2D eigenvalue weighted by atomic mass is 79.9. The summed E-state index contributed by atoms with van der Waals surface area (Å²) < 4.78 is 1.07. The predicted molar refractivity (Wildman–Crippen MR) is 80.9 cm³/mol. The highest BCUT2D eigenvalue weighted by molar-refractivity contribution is 9.10. The minimum Gasteiger partial charge on any atom is -0.397 e. The van der Waals surface area contributed by atoms with Crippen LogP contribution in [0.1, 0.15) is 38.5 Å². The molecule has 2 N–H and O–H groups in total. The van der Waals surface area contributed by atoms with Crippen molar-refractivity contribution in [1.29, 1.82) is 0 Å². The van der Waals surface area contributed by atoms with E-state index >= 15 is 0 Å². The van der Waals surface area contributed by atoms with Gasteiger partial charge >= 0.3 is 0 Å². The van der Waals surface area contributed by atoms with Crippen molar-refractivity contribution < 1.29 is 0 Å². The topological polar surface area (TPSA) is 29.3 Å². The molecule has 1 aliphatic heterocycles. The normalized spacial score (nSPS) is 27.9. The second-order valence-corrected chi connectivity index (χ2v) is 6.57. The molecule has 1 aliphatic carbocycles. The summed E-state index contributed by atoms with van der Waals surface area (Å²) in [6.45, 7) is 1.17. The Kier molecular flexibility index (Phi) is 3.51. The van der Waals surface area contributed by atoms with E-state index in [-0.39, 0.29) is 0 Å². The van der Waals surface area contributed by atoms with Crippen LogP contribution in [0.25, 0.3) is 0 Å². The fourth-order valence-electron chi connectivity index (χ4n) is 3.71. The lowest BCUT2D eigenvalue weighted by atomic mass is 9.78. The summed E-state index contributed by atoms with van der Waals surface area (Å²) in [4.78, 5) is 2.58. The summed E-state index contributed by atoms with van der Waals surface area (Å²) in [5.74, 6) is 0.899. The molecule has 0 aromatic heterocycles. The number of nitrogen functional groups attached to an aromatic ring is 1. The number of hydrogen-bond donors (Lipinski definition) is 1. The van der Waals surface area contributed by atoms with E-state index in [9.17, 15) is 0 Å². The molecule has 3 heteroatoms. The lowest BCUT2D eigenvalue weighted by molar-refractivity contribution is 0.244. The third-order valence-corrected chi connectivity index (χ3v) is 5.04. The number of nitrogens with two attached hydrogens (primary N) is 1. The fourth-order valence-corrected chi connectivity index (χ4v) is 4.09. The Morgan fingerprint density at radius 2 is 1.89 bits per heavy atom. The van der Waals surface area contributed by atoms with Gasteiger partial charge in [0.1, 0.15) is 0 Å². The molecule has 0 radical (unpaired) electrons. The minimum absolute atomic E-state index is 0.732. The Balaban J connectivity index is 1.89. The zero-order valence-corrected chi connectivity index (χ0v) is 12.3. The Morgan fingerprint density at radius 1 is 1.11 bits per heavy atom. The molecule has 2 unspecified atom stereocenters. The Hall–Kier alpha value is -0.700. The Morgan fingerprint density at radius 3 is 2.72 bits per heavy atom. The number of fused-ring (bicyclic) bond motifs is 1. The average molecular weight is 309 g/mol. The van der Waals surface area contributed by atoms with Gasteiger partial charge in [-0.15, -0.1) is 0 Å². The van der Waals surface area contributed by atoms with Gasteiger partial charge in [-0.2, -0.15) is 0 Å². The molecule has 0 spiro atoms. The molecule has 2 fully saturated rings. The van der Waals surface area contributed by atoms with E-state index in [1.54, 1.807) is 0 Å². The van der Waals surface area contributed by atoms with Crippen LogP contribution >= 0.6 is 15.9 Å². The molecule has 18 heavy (non-hydrogen) atoms. The van der Waals surface area contributed by atoms with E-state index in [0.29, 0.717) is 0 Å².